The van der Waals surface area contributed by atoms with Crippen LogP contribution < -0.4 is 15.8 Å². The topological polar surface area (TPSA) is 243 Å². The smallest absolute Gasteiger partial charge is 0.328 e. The molecule has 1 amide bonds. The number of carbonyl (C=O) groups is 3. The van der Waals surface area contributed by atoms with E-state index in [0.29, 0.717) is 28.3 Å². The van der Waals surface area contributed by atoms with Gasteiger partial charge < -0.3 is 50.6 Å². The van der Waals surface area contributed by atoms with Crippen molar-refractivity contribution < 1.29 is 49.8 Å². The van der Waals surface area contributed by atoms with Gasteiger partial charge in [0.15, 0.2) is 0 Å². The summed E-state index contributed by atoms with van der Waals surface area (Å²) in [4.78, 5) is 58.1. The minimum absolute atomic E-state index is 0.209. The predicted octanol–water partition coefficient (Wildman–Crippen LogP) is -1.13. The van der Waals surface area contributed by atoms with Crippen molar-refractivity contribution in [3.8, 4) is 0 Å². The lowest BCUT2D eigenvalue weighted by atomic mass is 10.0. The molecule has 15 nitrogen and oxygen atoms in total. The number of nitrogens with one attached hydrogen (secondary N) is 2. The molecule has 0 bridgehead atoms. The molecule has 3 aromatic rings. The number of carboxylic acid groups (broad SMARTS) is 1. The first-order valence-electron chi connectivity index (χ1n) is 13.1. The molecule has 0 radical (unpaired) electrons. The largest absolute Gasteiger partial charge is 0.481 e. The number of thiophene rings is 1. The van der Waals surface area contributed by atoms with Crippen LogP contribution in [0.4, 0.5) is 5.00 Å². The highest BCUT2D eigenvalue weighted by atomic mass is 32.1. The molecule has 0 unspecified atom stereocenters. The highest BCUT2D eigenvalue weighted by molar-refractivity contribution is 7.18. The number of amides is 1. The summed E-state index contributed by atoms with van der Waals surface area (Å²) in [6, 6.07) is 7.13. The van der Waals surface area contributed by atoms with Crippen LogP contribution in [0.1, 0.15) is 33.9 Å². The van der Waals surface area contributed by atoms with Gasteiger partial charge in [0.25, 0.3) is 11.5 Å². The number of aliphatic carboxylic acids is 1. The second-order valence-electron chi connectivity index (χ2n) is 9.88. The van der Waals surface area contributed by atoms with Crippen LogP contribution in [0.5, 0.6) is 0 Å². The van der Waals surface area contributed by atoms with E-state index in [4.69, 9.17) is 14.9 Å². The van der Waals surface area contributed by atoms with E-state index in [9.17, 15) is 39.6 Å². The molecule has 43 heavy (non-hydrogen) atoms. The number of aromatic amines is 1. The zero-order valence-corrected chi connectivity index (χ0v) is 24.2. The highest BCUT2D eigenvalue weighted by Crippen LogP contribution is 2.27. The van der Waals surface area contributed by atoms with Crippen molar-refractivity contribution in [3.05, 3.63) is 57.0 Å². The Morgan fingerprint density at radius 1 is 1.09 bits per heavy atom. The number of carboxylic acids is 1. The molecule has 3 rings (SSSR count). The Hall–Kier alpha value is -3.93. The predicted molar refractivity (Wildman–Crippen MR) is 154 cm³/mol. The zero-order chi connectivity index (χ0) is 31.8. The first-order chi connectivity index (χ1) is 20.3. The molecular weight excluding hydrogens is 588 g/mol. The van der Waals surface area contributed by atoms with Gasteiger partial charge in [0, 0.05) is 20.0 Å². The van der Waals surface area contributed by atoms with Gasteiger partial charge in [-0.05, 0) is 43.2 Å². The Morgan fingerprint density at radius 3 is 2.47 bits per heavy atom. The SMILES string of the molecule is Cc1nc2ccc(CN(C)c3ccc(C(=O)N[C@@H](CCC(=O)O)C(=O)OC[C@@H](O)[C@@H](O)[C@H](O)[C@H](O)CO)s3)cc2c(=O)[nH]1. The number of esters is 1. The van der Waals surface area contributed by atoms with Crippen molar-refractivity contribution in [1.29, 1.82) is 0 Å². The van der Waals surface area contributed by atoms with E-state index in [0.717, 1.165) is 16.9 Å². The molecule has 0 aliphatic rings. The Bertz CT molecular complexity index is 1490. The normalized spacial score (nSPS) is 14.9. The van der Waals surface area contributed by atoms with E-state index in [2.05, 4.69) is 15.3 Å². The van der Waals surface area contributed by atoms with Crippen LogP contribution in [0, 0.1) is 6.92 Å². The summed E-state index contributed by atoms with van der Waals surface area (Å²) in [7, 11) is 1.79. The standard InChI is InChI=1S/C27H34N4O11S/c1-13-28-16-4-3-14(9-15(16)25(39)29-13)10-31(2)21-7-6-20(43-21)26(40)30-17(5-8-22(35)36)27(41)42-12-19(34)24(38)23(37)18(33)11-32/h3-4,6-7,9,17-19,23-24,32-34,37-38H,5,8,10-12H2,1-2H3,(H,30,40)(H,35,36)(H,28,29,39)/t17-,18+,19+,23+,24+/m0/s1. The molecule has 16 heteroatoms. The maximum atomic E-state index is 13.0. The quantitative estimate of drug-likeness (QED) is 0.0937. The third-order valence-corrected chi connectivity index (χ3v) is 7.66. The minimum atomic E-state index is -1.97. The summed E-state index contributed by atoms with van der Waals surface area (Å²) in [5, 5.41) is 60.5. The van der Waals surface area contributed by atoms with Crippen LogP contribution in [-0.2, 0) is 20.9 Å². The van der Waals surface area contributed by atoms with Crippen LogP contribution in [0.3, 0.4) is 0 Å². The van der Waals surface area contributed by atoms with Crippen LogP contribution in [-0.4, -0.2) is 109 Å². The van der Waals surface area contributed by atoms with E-state index < -0.39 is 67.9 Å². The number of fused-ring (bicyclic) bond motifs is 1. The van der Waals surface area contributed by atoms with Crippen LogP contribution in [0.15, 0.2) is 35.1 Å². The first-order valence-corrected chi connectivity index (χ1v) is 13.9. The van der Waals surface area contributed by atoms with Crippen molar-refractivity contribution >= 4 is 45.1 Å². The van der Waals surface area contributed by atoms with Gasteiger partial charge in [0.05, 0.1) is 27.4 Å². The molecule has 0 aliphatic carbocycles. The van der Waals surface area contributed by atoms with Crippen molar-refractivity contribution in [2.24, 2.45) is 0 Å². The second-order valence-corrected chi connectivity index (χ2v) is 10.9. The van der Waals surface area contributed by atoms with E-state index >= 15 is 0 Å². The van der Waals surface area contributed by atoms with E-state index in [1.807, 2.05) is 11.0 Å². The fourth-order valence-electron chi connectivity index (χ4n) is 4.08. The molecule has 0 saturated heterocycles. The minimum Gasteiger partial charge on any atom is -0.481 e. The summed E-state index contributed by atoms with van der Waals surface area (Å²) in [6.07, 6.45) is -8.34. The number of aliphatic hydroxyl groups is 5. The third-order valence-electron chi connectivity index (χ3n) is 6.46. The summed E-state index contributed by atoms with van der Waals surface area (Å²) < 4.78 is 4.93. The van der Waals surface area contributed by atoms with Crippen LogP contribution >= 0.6 is 11.3 Å². The number of hydrogen-bond donors (Lipinski definition) is 8. The number of benzene rings is 1. The molecule has 2 aromatic heterocycles. The number of hydrogen-bond acceptors (Lipinski definition) is 13. The van der Waals surface area contributed by atoms with Gasteiger partial charge in [0.1, 0.15) is 42.9 Å². The number of H-pyrrole nitrogens is 1. The Labute approximate surface area is 249 Å². The van der Waals surface area contributed by atoms with Gasteiger partial charge in [-0.3, -0.25) is 14.4 Å². The molecule has 0 aliphatic heterocycles. The lowest BCUT2D eigenvalue weighted by Gasteiger charge is -2.26. The lowest BCUT2D eigenvalue weighted by molar-refractivity contribution is -0.158. The van der Waals surface area contributed by atoms with Gasteiger partial charge in [-0.25, -0.2) is 9.78 Å². The van der Waals surface area contributed by atoms with E-state index in [1.54, 1.807) is 32.2 Å². The summed E-state index contributed by atoms with van der Waals surface area (Å²) in [5.41, 5.74) is 1.15. The Balaban J connectivity index is 1.64. The summed E-state index contributed by atoms with van der Waals surface area (Å²) in [6.45, 7) is 0.354. The van der Waals surface area contributed by atoms with Gasteiger partial charge in [0.2, 0.25) is 0 Å². The zero-order valence-electron chi connectivity index (χ0n) is 23.3. The molecule has 234 valence electrons. The van der Waals surface area contributed by atoms with Gasteiger partial charge >= 0.3 is 11.9 Å². The van der Waals surface area contributed by atoms with Gasteiger partial charge in [-0.2, -0.15) is 0 Å². The van der Waals surface area contributed by atoms with Crippen LogP contribution in [0.2, 0.25) is 0 Å². The van der Waals surface area contributed by atoms with Gasteiger partial charge in [-0.1, -0.05) is 6.07 Å². The number of ether oxygens (including phenoxy) is 1. The van der Waals surface area contributed by atoms with E-state index in [-0.39, 0.29) is 16.9 Å². The number of aryl methyl sites for hydroxylation is 1. The monoisotopic (exact) mass is 622 g/mol. The van der Waals surface area contributed by atoms with Crippen molar-refractivity contribution in [3.63, 3.8) is 0 Å². The average Bonchev–Trinajstić information content (AvgIpc) is 3.47. The third kappa shape index (κ3) is 9.03. The molecule has 8 N–H and O–H groups in total. The summed E-state index contributed by atoms with van der Waals surface area (Å²) >= 11 is 1.11. The van der Waals surface area contributed by atoms with Crippen molar-refractivity contribution in [2.75, 3.05) is 25.2 Å². The number of carbonyl (C=O) groups excluding carboxylic acids is 2. The molecule has 1 aromatic carbocycles. The molecular formula is C27H34N4O11S. The molecule has 5 atom stereocenters. The first kappa shape index (κ1) is 33.6. The molecule has 0 saturated carbocycles. The van der Waals surface area contributed by atoms with Crippen LogP contribution in [0.25, 0.3) is 10.9 Å². The van der Waals surface area contributed by atoms with Crippen molar-refractivity contribution in [2.45, 2.75) is 56.8 Å². The average molecular weight is 623 g/mol. The van der Waals surface area contributed by atoms with Gasteiger partial charge in [-0.15, -0.1) is 11.3 Å². The number of aromatic nitrogens is 2. The maximum Gasteiger partial charge on any atom is 0.328 e. The lowest BCUT2D eigenvalue weighted by Crippen LogP contribution is -2.48. The number of nitrogens with zero attached hydrogens (tertiary/aromatic N) is 2. The number of aliphatic hydroxyl groups excluding tert-OH is 5. The number of anilines is 1. The Morgan fingerprint density at radius 2 is 1.79 bits per heavy atom. The Kier molecular flexibility index (Phi) is 11.7. The van der Waals surface area contributed by atoms with Crippen molar-refractivity contribution in [1.82, 2.24) is 15.3 Å². The molecule has 2 heterocycles. The molecule has 0 fully saturated rings. The maximum absolute atomic E-state index is 13.0. The number of rotatable bonds is 15. The fourth-order valence-corrected chi connectivity index (χ4v) is 4.95. The second kappa shape index (κ2) is 15.0. The fraction of sp³-hybridized carbons (Fsp3) is 0.444. The molecule has 0 spiro atoms. The highest BCUT2D eigenvalue weighted by Gasteiger charge is 2.32. The summed E-state index contributed by atoms with van der Waals surface area (Å²) in [5.74, 6) is -2.50. The van der Waals surface area contributed by atoms with E-state index in [1.165, 1.54) is 6.07 Å².